The normalized spacial score (nSPS) is 28.2. The molecule has 0 saturated carbocycles. The van der Waals surface area contributed by atoms with E-state index in [9.17, 15) is 8.42 Å². The first kappa shape index (κ1) is 12.1. The van der Waals surface area contributed by atoms with Crippen molar-refractivity contribution < 1.29 is 8.42 Å². The lowest BCUT2D eigenvalue weighted by atomic mass is 10.0. The van der Waals surface area contributed by atoms with Gasteiger partial charge in [-0.2, -0.15) is 9.57 Å². The Morgan fingerprint density at radius 1 is 1.33 bits per heavy atom. The van der Waals surface area contributed by atoms with Crippen LogP contribution in [0.25, 0.3) is 0 Å². The van der Waals surface area contributed by atoms with Crippen LogP contribution in [-0.2, 0) is 10.0 Å². The van der Waals surface area contributed by atoms with Crippen LogP contribution >= 0.6 is 11.3 Å². The number of fused-ring (bicyclic) bond motifs is 1. The van der Waals surface area contributed by atoms with Crippen LogP contribution in [0.3, 0.4) is 0 Å². The molecule has 0 radical (unpaired) electrons. The molecule has 18 heavy (non-hydrogen) atoms. The second kappa shape index (κ2) is 4.31. The lowest BCUT2D eigenvalue weighted by Gasteiger charge is -2.15. The molecule has 2 fully saturated rings. The lowest BCUT2D eigenvalue weighted by Crippen LogP contribution is -2.31. The number of rotatable bonds is 2. The van der Waals surface area contributed by atoms with Gasteiger partial charge in [0, 0.05) is 13.1 Å². The van der Waals surface area contributed by atoms with Crippen LogP contribution in [0.15, 0.2) is 16.3 Å². The van der Waals surface area contributed by atoms with Gasteiger partial charge in [-0.3, -0.25) is 0 Å². The summed E-state index contributed by atoms with van der Waals surface area (Å²) in [5.74, 6) is 0.880. The highest BCUT2D eigenvalue weighted by molar-refractivity contribution is 7.91. The van der Waals surface area contributed by atoms with Crippen LogP contribution in [0.2, 0.25) is 0 Å². The summed E-state index contributed by atoms with van der Waals surface area (Å²) >= 11 is 1.05. The van der Waals surface area contributed by atoms with E-state index in [-0.39, 0.29) is 4.21 Å². The molecule has 2 atom stereocenters. The molecular weight excluding hydrogens is 270 g/mol. The van der Waals surface area contributed by atoms with Gasteiger partial charge in [-0.15, -0.1) is 11.3 Å². The van der Waals surface area contributed by atoms with Crippen molar-refractivity contribution in [2.24, 2.45) is 11.8 Å². The summed E-state index contributed by atoms with van der Waals surface area (Å²) in [5, 5.41) is 12.0. The van der Waals surface area contributed by atoms with Crippen LogP contribution in [-0.4, -0.2) is 38.9 Å². The van der Waals surface area contributed by atoms with E-state index in [1.807, 2.05) is 6.07 Å². The zero-order chi connectivity index (χ0) is 12.8. The van der Waals surface area contributed by atoms with Crippen molar-refractivity contribution in [1.82, 2.24) is 9.62 Å². The van der Waals surface area contributed by atoms with Crippen molar-refractivity contribution in [2.75, 3.05) is 26.2 Å². The minimum Gasteiger partial charge on any atom is -0.316 e. The second-order valence-corrected chi connectivity index (χ2v) is 7.98. The third-order valence-electron chi connectivity index (χ3n) is 3.64. The Bertz CT molecular complexity index is 590. The highest BCUT2D eigenvalue weighted by atomic mass is 32.2. The van der Waals surface area contributed by atoms with Crippen LogP contribution in [0.4, 0.5) is 0 Å². The summed E-state index contributed by atoms with van der Waals surface area (Å²) in [6, 6.07) is 5.07. The standard InChI is InChI=1S/C11H13N3O2S2/c12-3-10-1-2-11(17-10)18(15,16)14-6-8-4-13-5-9(8)7-14/h1-2,8-9,13H,4-7H2. The van der Waals surface area contributed by atoms with E-state index in [0.29, 0.717) is 29.8 Å². The SMILES string of the molecule is N#Cc1ccc(S(=O)(=O)N2CC3CNCC3C2)s1. The molecule has 96 valence electrons. The molecule has 1 aromatic rings. The van der Waals surface area contributed by atoms with Crippen molar-refractivity contribution in [3.63, 3.8) is 0 Å². The van der Waals surface area contributed by atoms with Crippen molar-refractivity contribution in [1.29, 1.82) is 5.26 Å². The summed E-state index contributed by atoms with van der Waals surface area (Å²) in [6.45, 7) is 3.01. The number of hydrogen-bond donors (Lipinski definition) is 1. The van der Waals surface area contributed by atoms with E-state index in [2.05, 4.69) is 5.32 Å². The van der Waals surface area contributed by atoms with Gasteiger partial charge in [-0.05, 0) is 37.1 Å². The predicted molar refractivity (Wildman–Crippen MR) is 67.6 cm³/mol. The molecule has 2 aliphatic heterocycles. The van der Waals surface area contributed by atoms with Gasteiger partial charge in [0.05, 0.1) is 0 Å². The van der Waals surface area contributed by atoms with Crippen molar-refractivity contribution in [2.45, 2.75) is 4.21 Å². The fourth-order valence-electron chi connectivity index (χ4n) is 2.65. The van der Waals surface area contributed by atoms with Crippen molar-refractivity contribution >= 4 is 21.4 Å². The maximum Gasteiger partial charge on any atom is 0.252 e. The van der Waals surface area contributed by atoms with Gasteiger partial charge in [0.2, 0.25) is 0 Å². The Labute approximate surface area is 110 Å². The molecule has 0 bridgehead atoms. The molecule has 2 aliphatic rings. The topological polar surface area (TPSA) is 73.2 Å². The Balaban J connectivity index is 1.85. The van der Waals surface area contributed by atoms with Gasteiger partial charge >= 0.3 is 0 Å². The third kappa shape index (κ3) is 1.86. The molecule has 0 aliphatic carbocycles. The number of nitrogens with one attached hydrogen (secondary N) is 1. The smallest absolute Gasteiger partial charge is 0.252 e. The summed E-state index contributed by atoms with van der Waals surface area (Å²) in [6.07, 6.45) is 0. The number of sulfonamides is 1. The minimum atomic E-state index is -3.40. The number of hydrogen-bond acceptors (Lipinski definition) is 5. The van der Waals surface area contributed by atoms with E-state index in [4.69, 9.17) is 5.26 Å². The lowest BCUT2D eigenvalue weighted by molar-refractivity contribution is 0.449. The van der Waals surface area contributed by atoms with Crippen LogP contribution in [0.5, 0.6) is 0 Å². The average molecular weight is 283 g/mol. The fourth-order valence-corrected chi connectivity index (χ4v) is 5.47. The van der Waals surface area contributed by atoms with E-state index in [1.54, 1.807) is 10.4 Å². The maximum absolute atomic E-state index is 12.4. The first-order chi connectivity index (χ1) is 8.61. The van der Waals surface area contributed by atoms with Gasteiger partial charge in [-0.25, -0.2) is 8.42 Å². The molecular formula is C11H13N3O2S2. The average Bonchev–Trinajstić information content (AvgIpc) is 3.03. The largest absolute Gasteiger partial charge is 0.316 e. The molecule has 2 saturated heterocycles. The molecule has 0 amide bonds. The summed E-state index contributed by atoms with van der Waals surface area (Å²) in [7, 11) is -3.40. The number of thiophene rings is 1. The third-order valence-corrected chi connectivity index (χ3v) is 6.93. The summed E-state index contributed by atoms with van der Waals surface area (Å²) in [4.78, 5) is 0.439. The molecule has 1 aromatic heterocycles. The molecule has 0 spiro atoms. The zero-order valence-corrected chi connectivity index (χ0v) is 11.3. The van der Waals surface area contributed by atoms with E-state index in [0.717, 1.165) is 24.4 Å². The highest BCUT2D eigenvalue weighted by Gasteiger charge is 2.41. The first-order valence-corrected chi connectivity index (χ1v) is 8.08. The Kier molecular flexibility index (Phi) is 2.90. The number of nitriles is 1. The second-order valence-electron chi connectivity index (χ2n) is 4.73. The van der Waals surface area contributed by atoms with E-state index in [1.165, 1.54) is 6.07 Å². The van der Waals surface area contributed by atoms with Crippen LogP contribution < -0.4 is 5.32 Å². The van der Waals surface area contributed by atoms with Crippen molar-refractivity contribution in [3.05, 3.63) is 17.0 Å². The van der Waals surface area contributed by atoms with E-state index < -0.39 is 10.0 Å². The monoisotopic (exact) mass is 283 g/mol. The van der Waals surface area contributed by atoms with Crippen LogP contribution in [0, 0.1) is 23.2 Å². The van der Waals surface area contributed by atoms with Crippen molar-refractivity contribution in [3.8, 4) is 6.07 Å². The van der Waals surface area contributed by atoms with Crippen LogP contribution in [0.1, 0.15) is 4.88 Å². The summed E-state index contributed by atoms with van der Waals surface area (Å²) in [5.41, 5.74) is 0. The molecule has 3 heterocycles. The Morgan fingerprint density at radius 3 is 2.56 bits per heavy atom. The van der Waals surface area contributed by atoms with Gasteiger partial charge in [0.1, 0.15) is 15.2 Å². The summed E-state index contributed by atoms with van der Waals surface area (Å²) < 4.78 is 26.7. The predicted octanol–water partition coefficient (Wildman–Crippen LogP) is 0.460. The zero-order valence-electron chi connectivity index (χ0n) is 9.67. The molecule has 3 rings (SSSR count). The van der Waals surface area contributed by atoms with Gasteiger partial charge in [0.25, 0.3) is 10.0 Å². The highest BCUT2D eigenvalue weighted by Crippen LogP contribution is 2.32. The fraction of sp³-hybridized carbons (Fsp3) is 0.545. The Morgan fingerprint density at radius 2 is 2.00 bits per heavy atom. The Hall–Kier alpha value is -0.940. The van der Waals surface area contributed by atoms with Gasteiger partial charge in [0.15, 0.2) is 0 Å². The molecule has 7 heteroatoms. The molecule has 1 N–H and O–H groups in total. The van der Waals surface area contributed by atoms with Gasteiger partial charge in [-0.1, -0.05) is 0 Å². The molecule has 5 nitrogen and oxygen atoms in total. The quantitative estimate of drug-likeness (QED) is 0.856. The minimum absolute atomic E-state index is 0.284. The molecule has 0 aromatic carbocycles. The number of nitrogens with zero attached hydrogens (tertiary/aromatic N) is 2. The first-order valence-electron chi connectivity index (χ1n) is 5.82. The maximum atomic E-state index is 12.4. The van der Waals surface area contributed by atoms with E-state index >= 15 is 0 Å². The van der Waals surface area contributed by atoms with Gasteiger partial charge < -0.3 is 5.32 Å². The molecule has 2 unspecified atom stereocenters.